The lowest BCUT2D eigenvalue weighted by Crippen LogP contribution is -2.66. The van der Waals surface area contributed by atoms with Crippen molar-refractivity contribution in [1.29, 1.82) is 0 Å². The minimum absolute atomic E-state index is 0. The van der Waals surface area contributed by atoms with Gasteiger partial charge in [-0.2, -0.15) is 0 Å². The standard InChI is InChI=1S/C33H54.CH4/c1-10-16-33-19-14-24(22(2)3)28(33)25-11-12-27-30(7)17-13-23(4)29(5,6)26(30)15-18-32(27,9)31(25,8)20-21-33;/h10,16,23-28H,2,11-15,17-21H2,1,3-9H3;1H4. The Bertz CT molecular complexity index is 831. The van der Waals surface area contributed by atoms with Crippen LogP contribution in [-0.2, 0) is 0 Å². The summed E-state index contributed by atoms with van der Waals surface area (Å²) in [5.74, 6) is 5.15. The molecule has 0 bridgehead atoms. The summed E-state index contributed by atoms with van der Waals surface area (Å²) in [6, 6.07) is 0. The smallest absolute Gasteiger partial charge is 0.00811 e. The second-order valence-electron chi connectivity index (χ2n) is 15.2. The van der Waals surface area contributed by atoms with Gasteiger partial charge in [0.05, 0.1) is 0 Å². The predicted octanol–water partition coefficient (Wildman–Crippen LogP) is 10.5. The molecule has 5 fully saturated rings. The van der Waals surface area contributed by atoms with Crippen molar-refractivity contribution in [3.8, 4) is 0 Å². The summed E-state index contributed by atoms with van der Waals surface area (Å²) in [6.45, 7) is 25.3. The van der Waals surface area contributed by atoms with Crippen molar-refractivity contribution in [2.75, 3.05) is 0 Å². The zero-order valence-electron chi connectivity index (χ0n) is 23.4. The van der Waals surface area contributed by atoms with E-state index >= 15 is 0 Å². The lowest BCUT2D eigenvalue weighted by atomic mass is 9.32. The summed E-state index contributed by atoms with van der Waals surface area (Å²) < 4.78 is 0. The van der Waals surface area contributed by atoms with E-state index in [-0.39, 0.29) is 7.43 Å². The zero-order valence-corrected chi connectivity index (χ0v) is 23.4. The van der Waals surface area contributed by atoms with Crippen molar-refractivity contribution >= 4 is 0 Å². The summed E-state index contributed by atoms with van der Waals surface area (Å²) in [7, 11) is 0. The van der Waals surface area contributed by atoms with Gasteiger partial charge < -0.3 is 0 Å². The maximum Gasteiger partial charge on any atom is -0.00811 e. The van der Waals surface area contributed by atoms with Gasteiger partial charge in [-0.15, -0.1) is 0 Å². The SMILES string of the molecule is C.C=C(C)C1CCC2(C=CC)CCC3(C)C(CCC4C5(C)CCC(C)C(C)(C)C5CCC43C)C12. The molecule has 0 N–H and O–H groups in total. The molecule has 0 heterocycles. The number of rotatable bonds is 2. The fraction of sp³-hybridized carbons (Fsp3) is 0.882. The average Bonchev–Trinajstić information content (AvgIpc) is 3.12. The first kappa shape index (κ1) is 26.5. The van der Waals surface area contributed by atoms with Crippen LogP contribution in [0.3, 0.4) is 0 Å². The minimum Gasteiger partial charge on any atom is -0.0998 e. The van der Waals surface area contributed by atoms with Gasteiger partial charge in [-0.05, 0) is 141 Å². The van der Waals surface area contributed by atoms with E-state index in [1.54, 1.807) is 0 Å². The van der Waals surface area contributed by atoms with Crippen LogP contribution in [0.25, 0.3) is 0 Å². The van der Waals surface area contributed by atoms with Crippen LogP contribution in [0.1, 0.15) is 127 Å². The first-order valence-electron chi connectivity index (χ1n) is 14.7. The molecule has 5 aliphatic rings. The Morgan fingerprint density at radius 3 is 2.15 bits per heavy atom. The Kier molecular flexibility index (Phi) is 6.44. The van der Waals surface area contributed by atoms with Crippen LogP contribution in [0, 0.1) is 62.6 Å². The van der Waals surface area contributed by atoms with E-state index in [1.165, 1.54) is 69.8 Å². The van der Waals surface area contributed by atoms with Crippen LogP contribution in [-0.4, -0.2) is 0 Å². The Hall–Kier alpha value is -0.520. The summed E-state index contributed by atoms with van der Waals surface area (Å²) in [5.41, 5.74) is 3.96. The Balaban J connectivity index is 0.00000274. The van der Waals surface area contributed by atoms with E-state index in [4.69, 9.17) is 0 Å². The fourth-order valence-corrected chi connectivity index (χ4v) is 12.0. The number of hydrogen-bond donors (Lipinski definition) is 0. The van der Waals surface area contributed by atoms with Crippen molar-refractivity contribution in [1.82, 2.24) is 0 Å². The number of hydrogen-bond acceptors (Lipinski definition) is 0. The highest BCUT2D eigenvalue weighted by atomic mass is 14.7. The quantitative estimate of drug-likeness (QED) is 0.355. The van der Waals surface area contributed by atoms with E-state index in [1.807, 2.05) is 0 Å². The van der Waals surface area contributed by atoms with Crippen molar-refractivity contribution < 1.29 is 0 Å². The maximum absolute atomic E-state index is 4.54. The maximum atomic E-state index is 4.54. The molecule has 5 rings (SSSR count). The van der Waals surface area contributed by atoms with E-state index in [0.717, 1.165) is 35.5 Å². The number of fused-ring (bicyclic) bond motifs is 7. The van der Waals surface area contributed by atoms with Crippen molar-refractivity contribution in [2.45, 2.75) is 127 Å². The first-order valence-corrected chi connectivity index (χ1v) is 14.7. The molecule has 0 aromatic carbocycles. The lowest BCUT2D eigenvalue weighted by molar-refractivity contribution is -0.238. The molecule has 0 heteroatoms. The van der Waals surface area contributed by atoms with Gasteiger partial charge >= 0.3 is 0 Å². The van der Waals surface area contributed by atoms with Crippen LogP contribution < -0.4 is 0 Å². The minimum atomic E-state index is 0. The highest BCUT2D eigenvalue weighted by molar-refractivity contribution is 5.24. The third-order valence-electron chi connectivity index (χ3n) is 14.2. The van der Waals surface area contributed by atoms with Gasteiger partial charge in [0, 0.05) is 0 Å². The first-order chi connectivity index (χ1) is 15.4. The van der Waals surface area contributed by atoms with Crippen LogP contribution in [0.2, 0.25) is 0 Å². The molecule has 0 aromatic rings. The van der Waals surface area contributed by atoms with Gasteiger partial charge in [0.25, 0.3) is 0 Å². The molecule has 0 saturated heterocycles. The molecular weight excluding hydrogens is 408 g/mol. The number of allylic oxidation sites excluding steroid dienone is 3. The second kappa shape index (κ2) is 8.25. The van der Waals surface area contributed by atoms with Crippen LogP contribution in [0.15, 0.2) is 24.3 Å². The molecule has 0 amide bonds. The Labute approximate surface area is 213 Å². The van der Waals surface area contributed by atoms with Crippen molar-refractivity contribution in [2.24, 2.45) is 62.6 Å². The molecule has 194 valence electrons. The van der Waals surface area contributed by atoms with E-state index < -0.39 is 0 Å². The van der Waals surface area contributed by atoms with Crippen LogP contribution in [0.4, 0.5) is 0 Å². The molecule has 10 atom stereocenters. The van der Waals surface area contributed by atoms with Crippen molar-refractivity contribution in [3.63, 3.8) is 0 Å². The predicted molar refractivity (Wildman–Crippen MR) is 150 cm³/mol. The Morgan fingerprint density at radius 2 is 1.50 bits per heavy atom. The van der Waals surface area contributed by atoms with E-state index in [9.17, 15) is 0 Å². The molecule has 34 heavy (non-hydrogen) atoms. The van der Waals surface area contributed by atoms with Crippen LogP contribution in [0.5, 0.6) is 0 Å². The van der Waals surface area contributed by atoms with E-state index in [0.29, 0.717) is 27.1 Å². The summed E-state index contributed by atoms with van der Waals surface area (Å²) in [6.07, 6.45) is 19.5. The molecular formula is C34H58. The average molecular weight is 467 g/mol. The van der Waals surface area contributed by atoms with Gasteiger partial charge in [-0.25, -0.2) is 0 Å². The molecule has 10 unspecified atom stereocenters. The topological polar surface area (TPSA) is 0 Å². The third-order valence-corrected chi connectivity index (χ3v) is 14.2. The highest BCUT2D eigenvalue weighted by Gasteiger charge is 2.70. The molecule has 0 aliphatic heterocycles. The fourth-order valence-electron chi connectivity index (χ4n) is 12.0. The van der Waals surface area contributed by atoms with Crippen LogP contribution >= 0.6 is 0 Å². The lowest BCUT2D eigenvalue weighted by Gasteiger charge is -2.73. The van der Waals surface area contributed by atoms with Gasteiger partial charge in [0.15, 0.2) is 0 Å². The summed E-state index contributed by atoms with van der Waals surface area (Å²) in [5, 5.41) is 0. The third kappa shape index (κ3) is 3.14. The van der Waals surface area contributed by atoms with E-state index in [2.05, 4.69) is 74.1 Å². The van der Waals surface area contributed by atoms with Gasteiger partial charge in [-0.1, -0.05) is 73.3 Å². The van der Waals surface area contributed by atoms with Crippen molar-refractivity contribution in [3.05, 3.63) is 24.3 Å². The summed E-state index contributed by atoms with van der Waals surface area (Å²) >= 11 is 0. The monoisotopic (exact) mass is 466 g/mol. The van der Waals surface area contributed by atoms with Gasteiger partial charge in [0.1, 0.15) is 0 Å². The highest BCUT2D eigenvalue weighted by Crippen LogP contribution is 2.77. The molecule has 0 nitrogen and oxygen atoms in total. The molecule has 0 aromatic heterocycles. The zero-order chi connectivity index (χ0) is 24.0. The molecule has 0 radical (unpaired) electrons. The Morgan fingerprint density at radius 1 is 0.794 bits per heavy atom. The second-order valence-corrected chi connectivity index (χ2v) is 15.2. The largest absolute Gasteiger partial charge is 0.0998 e. The van der Waals surface area contributed by atoms with Gasteiger partial charge in [-0.3, -0.25) is 0 Å². The normalized spacial score (nSPS) is 53.8. The molecule has 0 spiro atoms. The summed E-state index contributed by atoms with van der Waals surface area (Å²) in [4.78, 5) is 0. The molecule has 5 aliphatic carbocycles. The molecule has 5 saturated carbocycles. The van der Waals surface area contributed by atoms with Gasteiger partial charge in [0.2, 0.25) is 0 Å².